The number of hydrogen-bond acceptors (Lipinski definition) is 10. The zero-order valence-corrected chi connectivity index (χ0v) is 19.6. The third kappa shape index (κ3) is 15.6. The van der Waals surface area contributed by atoms with Crippen LogP contribution in [0.15, 0.2) is 29.2 Å². The molecule has 0 spiro atoms. The Morgan fingerprint density at radius 3 is 1.31 bits per heavy atom. The minimum Gasteiger partial charge on any atom is -0.394 e. The van der Waals surface area contributed by atoms with E-state index in [-0.39, 0.29) is 24.7 Å². The fourth-order valence-corrected chi connectivity index (χ4v) is 3.13. The van der Waals surface area contributed by atoms with Gasteiger partial charge in [-0.2, -0.15) is 8.42 Å². The summed E-state index contributed by atoms with van der Waals surface area (Å²) in [6, 6.07) is 6.47. The SMILES string of the molecule is Cc1ccc(S(=O)(=O)OCCOCCOCCOCCOCCOCCOCCO)cc1. The first kappa shape index (κ1) is 28.9. The lowest BCUT2D eigenvalue weighted by molar-refractivity contribution is -0.0190. The van der Waals surface area contributed by atoms with Crippen LogP contribution < -0.4 is 0 Å². The van der Waals surface area contributed by atoms with Crippen molar-refractivity contribution in [3.8, 4) is 0 Å². The monoisotopic (exact) mass is 480 g/mol. The lowest BCUT2D eigenvalue weighted by atomic mass is 10.2. The zero-order chi connectivity index (χ0) is 23.3. The molecule has 0 aliphatic rings. The van der Waals surface area contributed by atoms with Gasteiger partial charge in [0.2, 0.25) is 0 Å². The van der Waals surface area contributed by atoms with Crippen LogP contribution in [0.4, 0.5) is 0 Å². The summed E-state index contributed by atoms with van der Waals surface area (Å²) in [7, 11) is -3.76. The molecular formula is C21H36O10S. The van der Waals surface area contributed by atoms with Crippen molar-refractivity contribution in [2.24, 2.45) is 0 Å². The Kier molecular flexibility index (Phi) is 17.4. The first-order valence-corrected chi connectivity index (χ1v) is 12.0. The highest BCUT2D eigenvalue weighted by atomic mass is 32.2. The molecule has 1 rings (SSSR count). The van der Waals surface area contributed by atoms with Gasteiger partial charge in [0.25, 0.3) is 10.1 Å². The van der Waals surface area contributed by atoms with E-state index in [1.165, 1.54) is 12.1 Å². The van der Waals surface area contributed by atoms with Crippen LogP contribution in [0.25, 0.3) is 0 Å². The zero-order valence-electron chi connectivity index (χ0n) is 18.7. The number of hydrogen-bond donors (Lipinski definition) is 1. The third-order valence-electron chi connectivity index (χ3n) is 3.87. The van der Waals surface area contributed by atoms with E-state index >= 15 is 0 Å². The molecule has 0 aliphatic carbocycles. The van der Waals surface area contributed by atoms with Crippen LogP contribution in [0.1, 0.15) is 5.56 Å². The molecule has 1 aromatic carbocycles. The first-order chi connectivity index (χ1) is 15.6. The third-order valence-corrected chi connectivity index (χ3v) is 5.20. The van der Waals surface area contributed by atoms with Gasteiger partial charge in [0.05, 0.1) is 97.4 Å². The largest absolute Gasteiger partial charge is 0.394 e. The Labute approximate surface area is 190 Å². The molecule has 0 saturated heterocycles. The minimum atomic E-state index is -3.76. The average molecular weight is 481 g/mol. The Balaban J connectivity index is 1.80. The summed E-state index contributed by atoms with van der Waals surface area (Å²) in [5, 5.41) is 8.54. The summed E-state index contributed by atoms with van der Waals surface area (Å²) >= 11 is 0. The maximum absolute atomic E-state index is 12.0. The molecule has 0 fully saturated rings. The summed E-state index contributed by atoms with van der Waals surface area (Å²) in [6.45, 7) is 6.74. The van der Waals surface area contributed by atoms with Crippen LogP contribution in [0.2, 0.25) is 0 Å². The van der Waals surface area contributed by atoms with Crippen LogP contribution in [0, 0.1) is 6.92 Å². The molecular weight excluding hydrogens is 444 g/mol. The molecule has 0 amide bonds. The molecule has 186 valence electrons. The number of aliphatic hydroxyl groups is 1. The maximum atomic E-state index is 12.0. The molecule has 10 nitrogen and oxygen atoms in total. The van der Waals surface area contributed by atoms with Crippen LogP contribution in [-0.4, -0.2) is 106 Å². The van der Waals surface area contributed by atoms with E-state index in [1.54, 1.807) is 12.1 Å². The standard InChI is InChI=1S/C21H36O10S/c1-20-2-4-21(5-3-20)32(23,24)31-19-18-30-17-16-29-15-14-28-13-12-27-11-10-26-9-8-25-7-6-22/h2-5,22H,6-19H2,1H3. The second kappa shape index (κ2) is 19.3. The van der Waals surface area contributed by atoms with Gasteiger partial charge in [0.1, 0.15) is 0 Å². The van der Waals surface area contributed by atoms with Crippen LogP contribution in [0.5, 0.6) is 0 Å². The van der Waals surface area contributed by atoms with Crippen molar-refractivity contribution in [1.82, 2.24) is 0 Å². The van der Waals surface area contributed by atoms with Gasteiger partial charge in [-0.15, -0.1) is 0 Å². The lowest BCUT2D eigenvalue weighted by Gasteiger charge is -2.08. The van der Waals surface area contributed by atoms with E-state index in [1.807, 2.05) is 6.92 Å². The molecule has 0 aliphatic heterocycles. The molecule has 0 atom stereocenters. The number of benzene rings is 1. The van der Waals surface area contributed by atoms with E-state index in [9.17, 15) is 8.42 Å². The van der Waals surface area contributed by atoms with Gasteiger partial charge in [-0.1, -0.05) is 17.7 Å². The summed E-state index contributed by atoms with van der Waals surface area (Å²) in [5.74, 6) is 0. The van der Waals surface area contributed by atoms with Gasteiger partial charge in [0, 0.05) is 0 Å². The average Bonchev–Trinajstić information content (AvgIpc) is 2.78. The van der Waals surface area contributed by atoms with Gasteiger partial charge in [-0.25, -0.2) is 0 Å². The van der Waals surface area contributed by atoms with Crippen LogP contribution >= 0.6 is 0 Å². The quantitative estimate of drug-likeness (QED) is 0.188. The Hall–Kier alpha value is -1.15. The highest BCUT2D eigenvalue weighted by Gasteiger charge is 2.14. The van der Waals surface area contributed by atoms with E-state index in [0.29, 0.717) is 72.7 Å². The van der Waals surface area contributed by atoms with E-state index in [2.05, 4.69) is 0 Å². The fourth-order valence-electron chi connectivity index (χ4n) is 2.24. The Bertz CT molecular complexity index is 651. The molecule has 0 bridgehead atoms. The molecule has 0 heterocycles. The number of aliphatic hydroxyl groups excluding tert-OH is 1. The smallest absolute Gasteiger partial charge is 0.297 e. The van der Waals surface area contributed by atoms with Crippen molar-refractivity contribution >= 4 is 10.1 Å². The normalized spacial score (nSPS) is 11.8. The van der Waals surface area contributed by atoms with E-state index in [0.717, 1.165) is 5.56 Å². The molecule has 0 saturated carbocycles. The van der Waals surface area contributed by atoms with Gasteiger partial charge in [-0.3, -0.25) is 4.18 Å². The van der Waals surface area contributed by atoms with E-state index < -0.39 is 10.1 Å². The van der Waals surface area contributed by atoms with Crippen molar-refractivity contribution < 1.29 is 46.1 Å². The molecule has 1 aromatic rings. The van der Waals surface area contributed by atoms with Gasteiger partial charge in [-0.05, 0) is 19.1 Å². The fraction of sp³-hybridized carbons (Fsp3) is 0.714. The summed E-state index contributed by atoms with van der Waals surface area (Å²) in [4.78, 5) is 0.130. The Morgan fingerprint density at radius 2 is 0.938 bits per heavy atom. The highest BCUT2D eigenvalue weighted by Crippen LogP contribution is 2.12. The van der Waals surface area contributed by atoms with E-state index in [4.69, 9.17) is 37.7 Å². The topological polar surface area (TPSA) is 119 Å². The minimum absolute atomic E-state index is 0.0149. The molecule has 11 heteroatoms. The van der Waals surface area contributed by atoms with Crippen LogP contribution in [-0.2, 0) is 42.7 Å². The molecule has 1 N–H and O–H groups in total. The van der Waals surface area contributed by atoms with Crippen molar-refractivity contribution in [2.45, 2.75) is 11.8 Å². The van der Waals surface area contributed by atoms with Crippen molar-refractivity contribution in [3.63, 3.8) is 0 Å². The van der Waals surface area contributed by atoms with Crippen molar-refractivity contribution in [1.29, 1.82) is 0 Å². The second-order valence-corrected chi connectivity index (χ2v) is 8.10. The van der Waals surface area contributed by atoms with Gasteiger partial charge in [0.15, 0.2) is 0 Å². The van der Waals surface area contributed by atoms with Crippen LogP contribution in [0.3, 0.4) is 0 Å². The number of aryl methyl sites for hydroxylation is 1. The van der Waals surface area contributed by atoms with Gasteiger partial charge < -0.3 is 33.5 Å². The summed E-state index contributed by atoms with van der Waals surface area (Å²) < 4.78 is 60.7. The predicted octanol–water partition coefficient (Wildman–Crippen LogP) is 0.792. The first-order valence-electron chi connectivity index (χ1n) is 10.6. The maximum Gasteiger partial charge on any atom is 0.297 e. The second-order valence-electron chi connectivity index (χ2n) is 6.49. The van der Waals surface area contributed by atoms with Crippen molar-refractivity contribution in [2.75, 3.05) is 92.5 Å². The molecule has 0 aromatic heterocycles. The highest BCUT2D eigenvalue weighted by molar-refractivity contribution is 7.86. The number of ether oxygens (including phenoxy) is 6. The van der Waals surface area contributed by atoms with Gasteiger partial charge >= 0.3 is 0 Å². The molecule has 32 heavy (non-hydrogen) atoms. The summed E-state index contributed by atoms with van der Waals surface area (Å²) in [5.41, 5.74) is 0.977. The Morgan fingerprint density at radius 1 is 0.594 bits per heavy atom. The number of rotatable bonds is 22. The predicted molar refractivity (Wildman–Crippen MR) is 116 cm³/mol. The molecule has 0 unspecified atom stereocenters. The lowest BCUT2D eigenvalue weighted by Crippen LogP contribution is -2.15. The van der Waals surface area contributed by atoms with Crippen molar-refractivity contribution in [3.05, 3.63) is 29.8 Å². The summed E-state index contributed by atoms with van der Waals surface area (Å²) in [6.07, 6.45) is 0. The molecule has 0 radical (unpaired) electrons.